The van der Waals surface area contributed by atoms with Gasteiger partial charge in [-0.05, 0) is 23.3 Å². The van der Waals surface area contributed by atoms with Gasteiger partial charge in [-0.15, -0.1) is 0 Å². The molecule has 0 atom stereocenters. The van der Waals surface area contributed by atoms with Crippen LogP contribution in [0.5, 0.6) is 0 Å². The Hall–Kier alpha value is -2.01. The molecule has 4 aromatic rings. The second kappa shape index (κ2) is 8.85. The molecular weight excluding hydrogens is 494 g/mol. The van der Waals surface area contributed by atoms with Gasteiger partial charge in [0.05, 0.1) is 29.9 Å². The van der Waals surface area contributed by atoms with Crippen LogP contribution in [0.4, 0.5) is 0 Å². The number of hydrogen-bond acceptors (Lipinski definition) is 2. The molecule has 0 saturated carbocycles. The number of halogens is 4. The predicted molar refractivity (Wildman–Crippen MR) is 129 cm³/mol. The molecule has 7 heteroatoms. The summed E-state index contributed by atoms with van der Waals surface area (Å²) < 4.78 is 28.2. The third-order valence-corrected chi connectivity index (χ3v) is 8.56. The van der Waals surface area contributed by atoms with E-state index in [-0.39, 0.29) is 29.9 Å². The molecule has 0 aliphatic rings. The van der Waals surface area contributed by atoms with E-state index in [2.05, 4.69) is 0 Å². The summed E-state index contributed by atoms with van der Waals surface area (Å²) in [7, 11) is -4.24. The van der Waals surface area contributed by atoms with Crippen molar-refractivity contribution in [1.82, 2.24) is 0 Å². The zero-order valence-electron chi connectivity index (χ0n) is 15.8. The summed E-state index contributed by atoms with van der Waals surface area (Å²) >= 11 is 25.5. The molecule has 4 aromatic carbocycles. The van der Waals surface area contributed by atoms with Crippen LogP contribution in [-0.2, 0) is 9.84 Å². The van der Waals surface area contributed by atoms with Gasteiger partial charge in [-0.1, -0.05) is 119 Å². The van der Waals surface area contributed by atoms with Crippen molar-refractivity contribution in [3.05, 3.63) is 105 Å². The molecule has 4 rings (SSSR count). The van der Waals surface area contributed by atoms with Gasteiger partial charge in [0.2, 0.25) is 9.84 Å². The second-order valence-corrected chi connectivity index (χ2v) is 10.1. The molecule has 156 valence electrons. The van der Waals surface area contributed by atoms with Crippen molar-refractivity contribution >= 4 is 56.2 Å². The van der Waals surface area contributed by atoms with Crippen LogP contribution in [0.1, 0.15) is 0 Å². The maximum absolute atomic E-state index is 14.1. The van der Waals surface area contributed by atoms with Gasteiger partial charge in [-0.25, -0.2) is 8.42 Å². The van der Waals surface area contributed by atoms with Gasteiger partial charge in [0.25, 0.3) is 0 Å². The van der Waals surface area contributed by atoms with Gasteiger partial charge in [-0.3, -0.25) is 0 Å². The van der Waals surface area contributed by atoms with Crippen molar-refractivity contribution < 1.29 is 8.42 Å². The molecule has 0 N–H and O–H groups in total. The van der Waals surface area contributed by atoms with Crippen molar-refractivity contribution in [3.63, 3.8) is 0 Å². The minimum atomic E-state index is -4.24. The molecule has 0 bridgehead atoms. The van der Waals surface area contributed by atoms with E-state index in [0.29, 0.717) is 22.3 Å². The van der Waals surface area contributed by atoms with Gasteiger partial charge >= 0.3 is 0 Å². The van der Waals surface area contributed by atoms with Gasteiger partial charge < -0.3 is 0 Å². The Balaban J connectivity index is 2.09. The SMILES string of the molecule is O=S(=O)(c1c(-c2ccccc2)ccc(Cl)c1Cl)c1c(-c2ccccc2)ccc(Cl)c1Cl. The van der Waals surface area contributed by atoms with E-state index < -0.39 is 9.84 Å². The Bertz CT molecular complexity index is 1270. The Morgan fingerprint density at radius 1 is 0.484 bits per heavy atom. The fourth-order valence-corrected chi connectivity index (χ4v) is 6.59. The molecule has 0 heterocycles. The van der Waals surface area contributed by atoms with E-state index in [1.165, 1.54) is 0 Å². The quantitative estimate of drug-likeness (QED) is 0.277. The Labute approximate surface area is 200 Å². The van der Waals surface area contributed by atoms with E-state index in [4.69, 9.17) is 46.4 Å². The fraction of sp³-hybridized carbons (Fsp3) is 0. The van der Waals surface area contributed by atoms with Crippen molar-refractivity contribution in [2.24, 2.45) is 0 Å². The van der Waals surface area contributed by atoms with Crippen LogP contribution in [0.2, 0.25) is 20.1 Å². The first-order valence-electron chi connectivity index (χ1n) is 9.14. The monoisotopic (exact) mass is 506 g/mol. The van der Waals surface area contributed by atoms with Crippen LogP contribution in [0.15, 0.2) is 94.7 Å². The number of benzene rings is 4. The highest BCUT2D eigenvalue weighted by Crippen LogP contribution is 2.45. The normalized spacial score (nSPS) is 11.5. The molecular formula is C24H14Cl4O2S. The zero-order chi connectivity index (χ0) is 22.2. The average Bonchev–Trinajstić information content (AvgIpc) is 2.78. The second-order valence-electron chi connectivity index (χ2n) is 6.71. The highest BCUT2D eigenvalue weighted by atomic mass is 35.5. The lowest BCUT2D eigenvalue weighted by molar-refractivity contribution is 0.597. The molecule has 0 fully saturated rings. The summed E-state index contributed by atoms with van der Waals surface area (Å²) in [6.45, 7) is 0. The van der Waals surface area contributed by atoms with Crippen LogP contribution < -0.4 is 0 Å². The molecule has 31 heavy (non-hydrogen) atoms. The number of rotatable bonds is 4. The highest BCUT2D eigenvalue weighted by molar-refractivity contribution is 7.92. The Morgan fingerprint density at radius 2 is 0.839 bits per heavy atom. The van der Waals surface area contributed by atoms with Gasteiger partial charge in [-0.2, -0.15) is 0 Å². The van der Waals surface area contributed by atoms with E-state index in [1.54, 1.807) is 48.5 Å². The number of hydrogen-bond donors (Lipinski definition) is 0. The largest absolute Gasteiger partial charge is 0.218 e. The van der Waals surface area contributed by atoms with Crippen LogP contribution in [0.3, 0.4) is 0 Å². The summed E-state index contributed by atoms with van der Waals surface area (Å²) in [6.07, 6.45) is 0. The Kier molecular flexibility index (Phi) is 6.34. The topological polar surface area (TPSA) is 34.1 Å². The number of sulfone groups is 1. The van der Waals surface area contributed by atoms with Crippen LogP contribution >= 0.6 is 46.4 Å². The van der Waals surface area contributed by atoms with E-state index in [1.807, 2.05) is 36.4 Å². The summed E-state index contributed by atoms with van der Waals surface area (Å²) in [6, 6.07) is 24.6. The lowest BCUT2D eigenvalue weighted by Gasteiger charge is -2.18. The summed E-state index contributed by atoms with van der Waals surface area (Å²) in [5.41, 5.74) is 2.20. The molecule has 0 spiro atoms. The molecule has 2 nitrogen and oxygen atoms in total. The third-order valence-electron chi connectivity index (χ3n) is 4.81. The van der Waals surface area contributed by atoms with E-state index >= 15 is 0 Å². The first-order chi connectivity index (χ1) is 14.8. The lowest BCUT2D eigenvalue weighted by atomic mass is 10.1. The average molecular weight is 508 g/mol. The van der Waals surface area contributed by atoms with Crippen molar-refractivity contribution in [1.29, 1.82) is 0 Å². The third kappa shape index (κ3) is 4.09. The summed E-state index contributed by atoms with van der Waals surface area (Å²) in [5, 5.41) is 0.106. The molecule has 0 aromatic heterocycles. The standard InChI is InChI=1S/C24H14Cl4O2S/c25-19-13-11-17(15-7-3-1-4-8-15)23(21(19)27)31(29,30)24-18(12-14-20(26)22(24)28)16-9-5-2-6-10-16/h1-14H. The van der Waals surface area contributed by atoms with Gasteiger partial charge in [0.1, 0.15) is 0 Å². The molecule has 0 radical (unpaired) electrons. The van der Waals surface area contributed by atoms with Crippen molar-refractivity contribution in [2.45, 2.75) is 9.79 Å². The molecule has 0 amide bonds. The van der Waals surface area contributed by atoms with Crippen molar-refractivity contribution in [3.8, 4) is 22.3 Å². The predicted octanol–water partition coefficient (Wildman–Crippen LogP) is 8.47. The summed E-state index contributed by atoms with van der Waals surface area (Å²) in [4.78, 5) is -0.233. The van der Waals surface area contributed by atoms with Crippen LogP contribution in [0, 0.1) is 0 Å². The smallest absolute Gasteiger partial charge is 0.210 e. The highest BCUT2D eigenvalue weighted by Gasteiger charge is 2.32. The molecule has 0 aliphatic carbocycles. The summed E-state index contributed by atoms with van der Waals surface area (Å²) in [5.74, 6) is 0. The van der Waals surface area contributed by atoms with Crippen LogP contribution in [-0.4, -0.2) is 8.42 Å². The van der Waals surface area contributed by atoms with E-state index in [9.17, 15) is 8.42 Å². The first kappa shape index (κ1) is 22.2. The Morgan fingerprint density at radius 3 is 1.19 bits per heavy atom. The van der Waals surface area contributed by atoms with Crippen molar-refractivity contribution in [2.75, 3.05) is 0 Å². The zero-order valence-corrected chi connectivity index (χ0v) is 19.7. The fourth-order valence-electron chi connectivity index (χ4n) is 3.38. The van der Waals surface area contributed by atoms with Gasteiger partial charge in [0.15, 0.2) is 0 Å². The molecule has 0 unspecified atom stereocenters. The molecule has 0 saturated heterocycles. The van der Waals surface area contributed by atoms with Gasteiger partial charge in [0, 0.05) is 11.1 Å². The lowest BCUT2D eigenvalue weighted by Crippen LogP contribution is -2.08. The van der Waals surface area contributed by atoms with E-state index in [0.717, 1.165) is 0 Å². The maximum Gasteiger partial charge on any atom is 0.210 e. The maximum atomic E-state index is 14.1. The minimum absolute atomic E-state index is 0.0712. The first-order valence-corrected chi connectivity index (χ1v) is 12.1. The minimum Gasteiger partial charge on any atom is -0.218 e. The molecule has 0 aliphatic heterocycles. The van der Waals surface area contributed by atoms with Crippen LogP contribution in [0.25, 0.3) is 22.3 Å².